The van der Waals surface area contributed by atoms with Crippen molar-refractivity contribution >= 4 is 34.4 Å². The van der Waals surface area contributed by atoms with E-state index in [1.807, 2.05) is 24.3 Å². The number of para-hydroxylation sites is 2. The molecule has 6 heteroatoms. The van der Waals surface area contributed by atoms with E-state index in [1.165, 1.54) is 0 Å². The van der Waals surface area contributed by atoms with Gasteiger partial charge in [-0.15, -0.1) is 0 Å². The SMILES string of the molecule is O=C(Nc1nc2ccccc2nc1Cl)C1CCCO1. The fourth-order valence-electron chi connectivity index (χ4n) is 2.04. The van der Waals surface area contributed by atoms with Crippen LogP contribution in [0.4, 0.5) is 5.82 Å². The molecule has 0 radical (unpaired) electrons. The lowest BCUT2D eigenvalue weighted by molar-refractivity contribution is -0.124. The molecule has 1 N–H and O–H groups in total. The standard InChI is InChI=1S/C13H12ClN3O2/c14-11-12(17-13(18)10-6-3-7-19-10)16-9-5-2-1-4-8(9)15-11/h1-2,4-5,10H,3,6-7H2,(H,16,17,18). The summed E-state index contributed by atoms with van der Waals surface area (Å²) in [6.07, 6.45) is 1.21. The molecule has 1 saturated heterocycles. The van der Waals surface area contributed by atoms with Crippen molar-refractivity contribution in [1.29, 1.82) is 0 Å². The van der Waals surface area contributed by atoms with Crippen molar-refractivity contribution in [3.63, 3.8) is 0 Å². The number of fused-ring (bicyclic) bond motifs is 1. The summed E-state index contributed by atoms with van der Waals surface area (Å²) < 4.78 is 5.31. The highest BCUT2D eigenvalue weighted by atomic mass is 35.5. The summed E-state index contributed by atoms with van der Waals surface area (Å²) >= 11 is 6.02. The number of rotatable bonds is 2. The molecule has 1 aromatic heterocycles. The first-order valence-corrected chi connectivity index (χ1v) is 6.46. The molecule has 1 aliphatic heterocycles. The molecule has 1 fully saturated rings. The van der Waals surface area contributed by atoms with Gasteiger partial charge in [0.2, 0.25) is 0 Å². The van der Waals surface area contributed by atoms with Crippen LogP contribution in [0.3, 0.4) is 0 Å². The second-order valence-corrected chi connectivity index (χ2v) is 4.70. The monoisotopic (exact) mass is 277 g/mol. The Balaban J connectivity index is 1.87. The summed E-state index contributed by atoms with van der Waals surface area (Å²) in [5.74, 6) is 0.0600. The summed E-state index contributed by atoms with van der Waals surface area (Å²) in [7, 11) is 0. The zero-order valence-electron chi connectivity index (χ0n) is 10.1. The van der Waals surface area contributed by atoms with E-state index < -0.39 is 6.10 Å². The predicted molar refractivity (Wildman–Crippen MR) is 72.2 cm³/mol. The van der Waals surface area contributed by atoms with E-state index in [0.717, 1.165) is 12.8 Å². The van der Waals surface area contributed by atoms with Crippen molar-refractivity contribution in [2.45, 2.75) is 18.9 Å². The maximum Gasteiger partial charge on any atom is 0.254 e. The minimum atomic E-state index is -0.413. The normalized spacial score (nSPS) is 18.7. The Hall–Kier alpha value is -1.72. The molecule has 5 nitrogen and oxygen atoms in total. The van der Waals surface area contributed by atoms with Crippen molar-refractivity contribution in [1.82, 2.24) is 9.97 Å². The zero-order valence-corrected chi connectivity index (χ0v) is 10.9. The average Bonchev–Trinajstić information content (AvgIpc) is 2.93. The van der Waals surface area contributed by atoms with Gasteiger partial charge in [-0.3, -0.25) is 4.79 Å². The van der Waals surface area contributed by atoms with Crippen LogP contribution in [0.1, 0.15) is 12.8 Å². The quantitative estimate of drug-likeness (QED) is 0.915. The third-order valence-electron chi connectivity index (χ3n) is 2.99. The third kappa shape index (κ3) is 2.52. The Morgan fingerprint density at radius 3 is 2.74 bits per heavy atom. The number of aromatic nitrogens is 2. The van der Waals surface area contributed by atoms with E-state index in [9.17, 15) is 4.79 Å². The minimum absolute atomic E-state index is 0.185. The number of nitrogens with one attached hydrogen (secondary N) is 1. The van der Waals surface area contributed by atoms with Gasteiger partial charge in [0.25, 0.3) is 5.91 Å². The molecule has 0 bridgehead atoms. The molecule has 1 aromatic carbocycles. The van der Waals surface area contributed by atoms with E-state index in [-0.39, 0.29) is 16.9 Å². The molecule has 0 saturated carbocycles. The van der Waals surface area contributed by atoms with E-state index in [2.05, 4.69) is 15.3 Å². The second-order valence-electron chi connectivity index (χ2n) is 4.34. The van der Waals surface area contributed by atoms with E-state index >= 15 is 0 Å². The van der Waals surface area contributed by atoms with Crippen LogP contribution in [0.25, 0.3) is 11.0 Å². The van der Waals surface area contributed by atoms with Gasteiger partial charge in [0, 0.05) is 6.61 Å². The Labute approximate surface area is 114 Å². The minimum Gasteiger partial charge on any atom is -0.368 e. The fourth-order valence-corrected chi connectivity index (χ4v) is 2.22. The number of ether oxygens (including phenoxy) is 1. The van der Waals surface area contributed by atoms with Gasteiger partial charge in [-0.1, -0.05) is 23.7 Å². The molecule has 1 atom stereocenters. The van der Waals surface area contributed by atoms with Crippen molar-refractivity contribution in [2.24, 2.45) is 0 Å². The Morgan fingerprint density at radius 2 is 2.05 bits per heavy atom. The Morgan fingerprint density at radius 1 is 1.32 bits per heavy atom. The summed E-state index contributed by atoms with van der Waals surface area (Å²) in [4.78, 5) is 20.4. The van der Waals surface area contributed by atoms with Crippen LogP contribution in [-0.4, -0.2) is 28.6 Å². The lowest BCUT2D eigenvalue weighted by atomic mass is 10.2. The van der Waals surface area contributed by atoms with Gasteiger partial charge in [-0.25, -0.2) is 9.97 Å². The fraction of sp³-hybridized carbons (Fsp3) is 0.308. The largest absolute Gasteiger partial charge is 0.368 e. The lowest BCUT2D eigenvalue weighted by Gasteiger charge is -2.11. The summed E-state index contributed by atoms with van der Waals surface area (Å²) in [5.41, 5.74) is 1.39. The van der Waals surface area contributed by atoms with Gasteiger partial charge in [0.1, 0.15) is 6.10 Å². The number of hydrogen-bond donors (Lipinski definition) is 1. The molecule has 1 amide bonds. The summed E-state index contributed by atoms with van der Waals surface area (Å²) in [6.45, 7) is 0.620. The first-order chi connectivity index (χ1) is 9.24. The molecule has 2 aromatic rings. The van der Waals surface area contributed by atoms with E-state index in [4.69, 9.17) is 16.3 Å². The second kappa shape index (κ2) is 5.11. The van der Waals surface area contributed by atoms with Gasteiger partial charge in [0.05, 0.1) is 11.0 Å². The van der Waals surface area contributed by atoms with Crippen LogP contribution in [0.5, 0.6) is 0 Å². The first-order valence-electron chi connectivity index (χ1n) is 6.09. The number of anilines is 1. The molecular formula is C13H12ClN3O2. The van der Waals surface area contributed by atoms with Crippen LogP contribution >= 0.6 is 11.6 Å². The highest BCUT2D eigenvalue weighted by Gasteiger charge is 2.24. The topological polar surface area (TPSA) is 64.1 Å². The Bertz CT molecular complexity index is 626. The highest BCUT2D eigenvalue weighted by Crippen LogP contribution is 2.22. The first kappa shape index (κ1) is 12.3. The van der Waals surface area contributed by atoms with Gasteiger partial charge in [0.15, 0.2) is 11.0 Å². The smallest absolute Gasteiger partial charge is 0.254 e. The van der Waals surface area contributed by atoms with Crippen molar-refractivity contribution in [3.05, 3.63) is 29.4 Å². The Kier molecular flexibility index (Phi) is 3.31. The zero-order chi connectivity index (χ0) is 13.2. The maximum absolute atomic E-state index is 11.9. The van der Waals surface area contributed by atoms with Gasteiger partial charge in [-0.2, -0.15) is 0 Å². The van der Waals surface area contributed by atoms with Gasteiger partial charge >= 0.3 is 0 Å². The van der Waals surface area contributed by atoms with Crippen LogP contribution < -0.4 is 5.32 Å². The number of nitrogens with zero attached hydrogens (tertiary/aromatic N) is 2. The number of amides is 1. The number of carbonyl (C=O) groups excluding carboxylic acids is 1. The van der Waals surface area contributed by atoms with Crippen molar-refractivity contribution < 1.29 is 9.53 Å². The highest BCUT2D eigenvalue weighted by molar-refractivity contribution is 6.32. The molecule has 98 valence electrons. The van der Waals surface area contributed by atoms with Gasteiger partial charge in [-0.05, 0) is 25.0 Å². The molecule has 2 heterocycles. The molecule has 0 spiro atoms. The molecule has 19 heavy (non-hydrogen) atoms. The average molecular weight is 278 g/mol. The van der Waals surface area contributed by atoms with Crippen molar-refractivity contribution in [3.8, 4) is 0 Å². The number of hydrogen-bond acceptors (Lipinski definition) is 4. The predicted octanol–water partition coefficient (Wildman–Crippen LogP) is 2.40. The third-order valence-corrected chi connectivity index (χ3v) is 3.26. The summed E-state index contributed by atoms with van der Waals surface area (Å²) in [5, 5.41) is 2.86. The summed E-state index contributed by atoms with van der Waals surface area (Å²) in [6, 6.07) is 7.36. The molecule has 1 aliphatic rings. The van der Waals surface area contributed by atoms with E-state index in [1.54, 1.807) is 0 Å². The molecular weight excluding hydrogens is 266 g/mol. The number of halogens is 1. The van der Waals surface area contributed by atoms with Crippen LogP contribution in [0, 0.1) is 0 Å². The van der Waals surface area contributed by atoms with E-state index in [0.29, 0.717) is 17.6 Å². The lowest BCUT2D eigenvalue weighted by Crippen LogP contribution is -2.27. The molecule has 3 rings (SSSR count). The van der Waals surface area contributed by atoms with Crippen LogP contribution in [0.15, 0.2) is 24.3 Å². The van der Waals surface area contributed by atoms with Gasteiger partial charge < -0.3 is 10.1 Å². The molecule has 1 unspecified atom stereocenters. The maximum atomic E-state index is 11.9. The number of carbonyl (C=O) groups is 1. The van der Waals surface area contributed by atoms with Crippen LogP contribution in [0.2, 0.25) is 5.15 Å². The number of benzene rings is 1. The molecule has 0 aliphatic carbocycles. The van der Waals surface area contributed by atoms with Crippen LogP contribution in [-0.2, 0) is 9.53 Å². The van der Waals surface area contributed by atoms with Crippen molar-refractivity contribution in [2.75, 3.05) is 11.9 Å².